The van der Waals surface area contributed by atoms with Crippen LogP contribution >= 0.6 is 0 Å². The summed E-state index contributed by atoms with van der Waals surface area (Å²) in [5.41, 5.74) is 4.51. The van der Waals surface area contributed by atoms with Crippen molar-refractivity contribution in [2.24, 2.45) is 0 Å². The number of aromatic nitrogens is 2. The fourth-order valence-corrected chi connectivity index (χ4v) is 5.07. The molecule has 1 unspecified atom stereocenters. The van der Waals surface area contributed by atoms with Crippen molar-refractivity contribution < 1.29 is 4.74 Å². The second-order valence-corrected chi connectivity index (χ2v) is 9.65. The van der Waals surface area contributed by atoms with Gasteiger partial charge in [-0.15, -0.1) is 0 Å². The number of ether oxygens (including phenoxy) is 1. The van der Waals surface area contributed by atoms with Gasteiger partial charge in [-0.05, 0) is 80.1 Å². The van der Waals surface area contributed by atoms with E-state index in [1.807, 2.05) is 60.7 Å². The first-order chi connectivity index (χ1) is 18.1. The van der Waals surface area contributed by atoms with E-state index >= 15 is 0 Å². The molecule has 5 nitrogen and oxygen atoms in total. The number of rotatable bonds is 5. The summed E-state index contributed by atoms with van der Waals surface area (Å²) in [6.07, 6.45) is 0. The maximum Gasteiger partial charge on any atom is 0.162 e. The van der Waals surface area contributed by atoms with Crippen molar-refractivity contribution in [1.29, 1.82) is 0 Å². The number of anilines is 2. The Morgan fingerprint density at radius 2 is 1.51 bits per heavy atom. The molecule has 1 aliphatic rings. The van der Waals surface area contributed by atoms with Crippen LogP contribution < -0.4 is 14.5 Å². The first-order valence-corrected chi connectivity index (χ1v) is 12.8. The predicted molar refractivity (Wildman–Crippen MR) is 152 cm³/mol. The number of nitrogens with zero attached hydrogens (tertiary/aromatic N) is 4. The number of benzene rings is 4. The Hall–Kier alpha value is -4.38. The van der Waals surface area contributed by atoms with E-state index in [1.54, 1.807) is 0 Å². The van der Waals surface area contributed by atoms with Crippen LogP contribution in [0.15, 0.2) is 103 Å². The van der Waals surface area contributed by atoms with Gasteiger partial charge in [0.25, 0.3) is 0 Å². The number of aryl methyl sites for hydroxylation is 1. The Morgan fingerprint density at radius 1 is 0.757 bits per heavy atom. The van der Waals surface area contributed by atoms with E-state index in [1.165, 1.54) is 11.3 Å². The van der Waals surface area contributed by atoms with Crippen molar-refractivity contribution in [3.63, 3.8) is 0 Å². The highest BCUT2D eigenvalue weighted by atomic mass is 16.5. The Balaban J connectivity index is 1.29. The van der Waals surface area contributed by atoms with Gasteiger partial charge < -0.3 is 14.5 Å². The topological polar surface area (TPSA) is 41.5 Å². The molecule has 5 aromatic rings. The average molecular weight is 487 g/mol. The molecule has 0 saturated carbocycles. The number of fused-ring (bicyclic) bond motifs is 1. The fraction of sp³-hybridized carbons (Fsp3) is 0.188. The van der Waals surface area contributed by atoms with Gasteiger partial charge in [-0.2, -0.15) is 0 Å². The van der Waals surface area contributed by atoms with Gasteiger partial charge in [-0.1, -0.05) is 42.5 Å². The van der Waals surface area contributed by atoms with Crippen LogP contribution in [0.4, 0.5) is 11.5 Å². The summed E-state index contributed by atoms with van der Waals surface area (Å²) < 4.78 is 5.97. The third-order valence-corrected chi connectivity index (χ3v) is 6.93. The third kappa shape index (κ3) is 4.85. The Bertz CT molecular complexity index is 1520. The molecule has 1 fully saturated rings. The normalized spacial score (nSPS) is 15.7. The van der Waals surface area contributed by atoms with Crippen molar-refractivity contribution in [1.82, 2.24) is 9.97 Å². The minimum Gasteiger partial charge on any atom is -0.457 e. The summed E-state index contributed by atoms with van der Waals surface area (Å²) in [5, 5.41) is 1.09. The molecular weight excluding hydrogens is 456 g/mol. The van der Waals surface area contributed by atoms with Gasteiger partial charge >= 0.3 is 0 Å². The molecule has 1 aliphatic heterocycles. The van der Waals surface area contributed by atoms with Crippen LogP contribution in [0.2, 0.25) is 0 Å². The van der Waals surface area contributed by atoms with Crippen molar-refractivity contribution in [3.8, 4) is 22.9 Å². The lowest BCUT2D eigenvalue weighted by Crippen LogP contribution is -2.52. The lowest BCUT2D eigenvalue weighted by Gasteiger charge is -2.42. The van der Waals surface area contributed by atoms with Gasteiger partial charge in [-0.3, -0.25) is 0 Å². The molecule has 37 heavy (non-hydrogen) atoms. The molecule has 2 heterocycles. The number of hydrogen-bond acceptors (Lipinski definition) is 5. The molecule has 0 radical (unpaired) electrons. The smallest absolute Gasteiger partial charge is 0.162 e. The highest BCUT2D eigenvalue weighted by molar-refractivity contribution is 5.91. The second-order valence-electron chi connectivity index (χ2n) is 9.65. The minimum atomic E-state index is 0.363. The summed E-state index contributed by atoms with van der Waals surface area (Å²) in [6, 6.07) is 35.3. The minimum absolute atomic E-state index is 0.363. The van der Waals surface area contributed by atoms with Gasteiger partial charge in [0, 0.05) is 42.3 Å². The maximum atomic E-state index is 5.97. The van der Waals surface area contributed by atoms with E-state index in [0.29, 0.717) is 6.04 Å². The lowest BCUT2D eigenvalue weighted by molar-refractivity contribution is 0.483. The first-order valence-electron chi connectivity index (χ1n) is 12.8. The Kier molecular flexibility index (Phi) is 6.19. The standard InChI is InChI=1S/C32H30N4O/c1-23-9-8-10-26(21-23)36-20-19-35(22-24(36)2)32-29-13-6-7-14-30(29)33-31(34-32)25-15-17-28(18-16-25)37-27-11-4-3-5-12-27/h3-18,21,24H,19-20,22H2,1-2H3. The van der Waals surface area contributed by atoms with Crippen LogP contribution in [0.5, 0.6) is 11.5 Å². The second kappa shape index (κ2) is 9.94. The molecule has 0 amide bonds. The molecule has 0 spiro atoms. The summed E-state index contributed by atoms with van der Waals surface area (Å²) in [4.78, 5) is 14.9. The highest BCUT2D eigenvalue weighted by Gasteiger charge is 2.26. The number of para-hydroxylation sites is 2. The molecule has 5 heteroatoms. The largest absolute Gasteiger partial charge is 0.457 e. The molecule has 0 bridgehead atoms. The molecule has 1 aromatic heterocycles. The van der Waals surface area contributed by atoms with Gasteiger partial charge in [-0.25, -0.2) is 9.97 Å². The van der Waals surface area contributed by atoms with E-state index in [2.05, 4.69) is 66.1 Å². The van der Waals surface area contributed by atoms with E-state index in [0.717, 1.165) is 59.2 Å². The molecule has 1 atom stereocenters. The van der Waals surface area contributed by atoms with E-state index in [9.17, 15) is 0 Å². The van der Waals surface area contributed by atoms with E-state index in [4.69, 9.17) is 14.7 Å². The highest BCUT2D eigenvalue weighted by Crippen LogP contribution is 2.31. The molecule has 4 aromatic carbocycles. The number of piperazine rings is 1. The Morgan fingerprint density at radius 3 is 2.30 bits per heavy atom. The lowest BCUT2D eigenvalue weighted by atomic mass is 10.1. The third-order valence-electron chi connectivity index (χ3n) is 6.93. The van der Waals surface area contributed by atoms with E-state index in [-0.39, 0.29) is 0 Å². The van der Waals surface area contributed by atoms with Crippen LogP contribution in [0.25, 0.3) is 22.3 Å². The van der Waals surface area contributed by atoms with Gasteiger partial charge in [0.2, 0.25) is 0 Å². The fourth-order valence-electron chi connectivity index (χ4n) is 5.07. The monoisotopic (exact) mass is 486 g/mol. The van der Waals surface area contributed by atoms with Crippen LogP contribution in [0.1, 0.15) is 12.5 Å². The predicted octanol–water partition coefficient (Wildman–Crippen LogP) is 7.11. The maximum absolute atomic E-state index is 5.97. The van der Waals surface area contributed by atoms with E-state index < -0.39 is 0 Å². The summed E-state index contributed by atoms with van der Waals surface area (Å²) in [6.45, 7) is 7.20. The van der Waals surface area contributed by atoms with Crippen LogP contribution in [0.3, 0.4) is 0 Å². The zero-order valence-corrected chi connectivity index (χ0v) is 21.2. The van der Waals surface area contributed by atoms with Crippen molar-refractivity contribution in [2.45, 2.75) is 19.9 Å². The quantitative estimate of drug-likeness (QED) is 0.265. The molecular formula is C32H30N4O. The molecule has 1 saturated heterocycles. The van der Waals surface area contributed by atoms with Gasteiger partial charge in [0.15, 0.2) is 5.82 Å². The van der Waals surface area contributed by atoms with Crippen LogP contribution in [-0.4, -0.2) is 35.6 Å². The average Bonchev–Trinajstić information content (AvgIpc) is 2.93. The zero-order valence-electron chi connectivity index (χ0n) is 21.2. The molecule has 184 valence electrons. The summed E-state index contributed by atoms with van der Waals surface area (Å²) >= 11 is 0. The molecule has 0 aliphatic carbocycles. The van der Waals surface area contributed by atoms with Gasteiger partial charge in [0.05, 0.1) is 5.52 Å². The van der Waals surface area contributed by atoms with Crippen molar-refractivity contribution in [3.05, 3.63) is 109 Å². The molecule has 6 rings (SSSR count). The zero-order chi connectivity index (χ0) is 25.2. The summed E-state index contributed by atoms with van der Waals surface area (Å²) in [7, 11) is 0. The van der Waals surface area contributed by atoms with Gasteiger partial charge in [0.1, 0.15) is 17.3 Å². The Labute approximate surface area is 218 Å². The first kappa shape index (κ1) is 23.0. The summed E-state index contributed by atoms with van der Waals surface area (Å²) in [5.74, 6) is 3.34. The number of hydrogen-bond donors (Lipinski definition) is 0. The van der Waals surface area contributed by atoms with Crippen molar-refractivity contribution in [2.75, 3.05) is 29.4 Å². The molecule has 0 N–H and O–H groups in total. The van der Waals surface area contributed by atoms with Crippen LogP contribution in [-0.2, 0) is 0 Å². The van der Waals surface area contributed by atoms with Crippen LogP contribution in [0, 0.1) is 6.92 Å². The SMILES string of the molecule is Cc1cccc(N2CCN(c3nc(-c4ccc(Oc5ccccc5)cc4)nc4ccccc34)CC2C)c1. The van der Waals surface area contributed by atoms with Crippen molar-refractivity contribution >= 4 is 22.4 Å².